The lowest BCUT2D eigenvalue weighted by atomic mass is 10.0. The Balaban J connectivity index is 0.000000297. The number of ether oxygens (including phenoxy) is 8. The molecule has 0 fully saturated rings. The summed E-state index contributed by atoms with van der Waals surface area (Å²) in [7, 11) is 0. The average molecular weight is 963 g/mol. The normalized spacial score (nSPS) is 10.2. The van der Waals surface area contributed by atoms with Crippen LogP contribution in [0, 0.1) is 6.92 Å². The molecule has 0 N–H and O–H groups in total. The van der Waals surface area contributed by atoms with Gasteiger partial charge in [0.1, 0.15) is 64.4 Å². The number of carbonyl (C=O) groups excluding carboxylic acids is 6. The minimum Gasteiger partial charge on any atom is -0.490 e. The Morgan fingerprint density at radius 3 is 1.15 bits per heavy atom. The van der Waals surface area contributed by atoms with E-state index in [4.69, 9.17) is 37.9 Å². The predicted molar refractivity (Wildman–Crippen MR) is 263 cm³/mol. The van der Waals surface area contributed by atoms with Crippen molar-refractivity contribution in [3.63, 3.8) is 0 Å². The van der Waals surface area contributed by atoms with Crippen LogP contribution in [0.3, 0.4) is 0 Å². The molecule has 0 aliphatic carbocycles. The quantitative estimate of drug-likeness (QED) is 0.0257. The Bertz CT molecular complexity index is 2740. The third kappa shape index (κ3) is 18.7. The lowest BCUT2D eigenvalue weighted by Gasteiger charge is -2.10. The van der Waals surface area contributed by atoms with Crippen molar-refractivity contribution < 1.29 is 66.7 Å². The molecule has 0 aliphatic heterocycles. The van der Waals surface area contributed by atoms with Crippen molar-refractivity contribution in [3.05, 3.63) is 227 Å². The Hall–Kier alpha value is -8.78. The average Bonchev–Trinajstić information content (AvgIpc) is 3.39. The molecule has 0 aliphatic rings. The van der Waals surface area contributed by atoms with E-state index in [2.05, 4.69) is 13.2 Å². The first-order valence-electron chi connectivity index (χ1n) is 22.4. The van der Waals surface area contributed by atoms with Crippen molar-refractivity contribution in [2.75, 3.05) is 39.6 Å². The Kier molecular flexibility index (Phi) is 21.4. The van der Waals surface area contributed by atoms with E-state index in [0.717, 1.165) is 34.2 Å². The van der Waals surface area contributed by atoms with Crippen LogP contribution in [0.15, 0.2) is 171 Å². The number of aryl methyl sites for hydroxylation is 1. The highest BCUT2D eigenvalue weighted by Gasteiger charge is 2.15. The number of rotatable bonds is 23. The molecule has 366 valence electrons. The van der Waals surface area contributed by atoms with Gasteiger partial charge in [-0.05, 0) is 108 Å². The molecule has 6 aromatic rings. The van der Waals surface area contributed by atoms with Gasteiger partial charge in [0.05, 0.1) is 27.8 Å². The van der Waals surface area contributed by atoms with E-state index in [1.807, 2.05) is 67.6 Å². The lowest BCUT2D eigenvalue weighted by molar-refractivity contribution is -0.142. The lowest BCUT2D eigenvalue weighted by Crippen LogP contribution is -2.13. The first kappa shape index (κ1) is 53.2. The van der Waals surface area contributed by atoms with E-state index in [1.165, 1.54) is 31.2 Å². The maximum atomic E-state index is 12.4. The Morgan fingerprint density at radius 1 is 0.408 bits per heavy atom. The van der Waals surface area contributed by atoms with Crippen LogP contribution in [0.25, 0.3) is 0 Å². The fraction of sp³-hybridized carbons (Fsp3) is 0.193. The highest BCUT2D eigenvalue weighted by molar-refractivity contribution is 5.96. The maximum Gasteiger partial charge on any atom is 0.338 e. The van der Waals surface area contributed by atoms with Crippen LogP contribution in [0.2, 0.25) is 0 Å². The second kappa shape index (κ2) is 28.5. The van der Waals surface area contributed by atoms with Gasteiger partial charge in [-0.2, -0.15) is 0 Å². The topological polar surface area (TPSA) is 176 Å². The standard InChI is InChI=1S/C36H34O8.C21H20O6/c1-3-18-42-35(38)30-8-5-9-31(25-30)36(39)44-22-20-41-33-16-12-28(13-17-33)24-27-10-14-32(15-11-27)40-19-21-43-34(37)29-7-4-6-26(2)23-29;1-3-11-25-20(23)18-5-4-6-19(12-18)21(24)27-14-17-9-7-16(8-10-17)13-26-15(2)22/h3-17,23,25H,1,18-22,24H2,2H3;3-10,12H,1,11,13-14H2,2H3. The van der Waals surface area contributed by atoms with Gasteiger partial charge >= 0.3 is 35.8 Å². The van der Waals surface area contributed by atoms with E-state index >= 15 is 0 Å². The smallest absolute Gasteiger partial charge is 0.338 e. The molecular formula is C57H54O14. The molecule has 0 aromatic heterocycles. The van der Waals surface area contributed by atoms with Gasteiger partial charge in [-0.1, -0.05) is 104 Å². The Labute approximate surface area is 412 Å². The molecule has 0 amide bonds. The van der Waals surface area contributed by atoms with E-state index < -0.39 is 23.9 Å². The maximum absolute atomic E-state index is 12.4. The highest BCUT2D eigenvalue weighted by Crippen LogP contribution is 2.19. The van der Waals surface area contributed by atoms with Crippen LogP contribution in [-0.4, -0.2) is 75.5 Å². The molecular weight excluding hydrogens is 909 g/mol. The van der Waals surface area contributed by atoms with Crippen molar-refractivity contribution in [1.82, 2.24) is 0 Å². The summed E-state index contributed by atoms with van der Waals surface area (Å²) in [5, 5.41) is 0. The fourth-order valence-electron chi connectivity index (χ4n) is 6.30. The molecule has 0 unspecified atom stereocenters. The minimum atomic E-state index is -0.555. The van der Waals surface area contributed by atoms with Gasteiger partial charge in [-0.3, -0.25) is 4.79 Å². The molecule has 0 atom stereocenters. The number of carbonyl (C=O) groups is 6. The van der Waals surface area contributed by atoms with E-state index in [9.17, 15) is 28.8 Å². The summed E-state index contributed by atoms with van der Waals surface area (Å²) in [5.41, 5.74) is 6.41. The van der Waals surface area contributed by atoms with Gasteiger partial charge in [-0.25, -0.2) is 24.0 Å². The zero-order valence-corrected chi connectivity index (χ0v) is 39.5. The first-order valence-corrected chi connectivity index (χ1v) is 22.4. The van der Waals surface area contributed by atoms with E-state index in [0.29, 0.717) is 17.1 Å². The van der Waals surface area contributed by atoms with Gasteiger partial charge < -0.3 is 37.9 Å². The van der Waals surface area contributed by atoms with Gasteiger partial charge in [0.15, 0.2) is 0 Å². The van der Waals surface area contributed by atoms with Crippen LogP contribution in [0.5, 0.6) is 11.5 Å². The third-order valence-corrected chi connectivity index (χ3v) is 9.85. The van der Waals surface area contributed by atoms with Crippen molar-refractivity contribution >= 4 is 35.8 Å². The second-order valence-electron chi connectivity index (χ2n) is 15.4. The van der Waals surface area contributed by atoms with Gasteiger partial charge in [0, 0.05) is 6.92 Å². The molecule has 0 spiro atoms. The molecule has 6 rings (SSSR count). The molecule has 14 heteroatoms. The summed E-state index contributed by atoms with van der Waals surface area (Å²) in [5.74, 6) is -1.53. The van der Waals surface area contributed by atoms with E-state index in [-0.39, 0.29) is 87.0 Å². The fourth-order valence-corrected chi connectivity index (χ4v) is 6.30. The molecule has 6 aromatic carbocycles. The van der Waals surface area contributed by atoms with Crippen LogP contribution in [0.4, 0.5) is 0 Å². The molecule has 0 saturated heterocycles. The van der Waals surface area contributed by atoms with Gasteiger partial charge in [-0.15, -0.1) is 0 Å². The summed E-state index contributed by atoms with van der Waals surface area (Å²) in [6, 6.07) is 42.2. The summed E-state index contributed by atoms with van der Waals surface area (Å²) in [6.07, 6.45) is 3.67. The van der Waals surface area contributed by atoms with Gasteiger partial charge in [0.2, 0.25) is 0 Å². The third-order valence-electron chi connectivity index (χ3n) is 9.85. The second-order valence-corrected chi connectivity index (χ2v) is 15.4. The molecule has 0 saturated carbocycles. The highest BCUT2D eigenvalue weighted by atomic mass is 16.6. The molecule has 0 radical (unpaired) electrons. The van der Waals surface area contributed by atoms with Crippen LogP contribution in [-0.2, 0) is 52.9 Å². The predicted octanol–water partition coefficient (Wildman–Crippen LogP) is 9.85. The van der Waals surface area contributed by atoms with Crippen LogP contribution in [0.1, 0.15) is 86.5 Å². The minimum absolute atomic E-state index is 0.0509. The number of esters is 6. The molecule has 0 bridgehead atoms. The molecule has 0 heterocycles. The largest absolute Gasteiger partial charge is 0.490 e. The Morgan fingerprint density at radius 2 is 0.761 bits per heavy atom. The summed E-state index contributed by atoms with van der Waals surface area (Å²) in [4.78, 5) is 71.3. The summed E-state index contributed by atoms with van der Waals surface area (Å²) in [6.45, 7) is 11.4. The van der Waals surface area contributed by atoms with Crippen molar-refractivity contribution in [1.29, 1.82) is 0 Å². The van der Waals surface area contributed by atoms with Crippen molar-refractivity contribution in [2.45, 2.75) is 33.5 Å². The SMILES string of the molecule is C=CCOC(=O)c1cccc(C(=O)OCCOc2ccc(Cc3ccc(OCCOC(=O)c4cccc(C)c4)cc3)cc2)c1.C=CCOC(=O)c1cccc(C(=O)OCc2ccc(COC(C)=O)cc2)c1. The van der Waals surface area contributed by atoms with Crippen LogP contribution >= 0.6 is 0 Å². The zero-order chi connectivity index (χ0) is 50.8. The number of hydrogen-bond donors (Lipinski definition) is 0. The van der Waals surface area contributed by atoms with Gasteiger partial charge in [0.25, 0.3) is 0 Å². The number of hydrogen-bond acceptors (Lipinski definition) is 14. The number of benzene rings is 6. The zero-order valence-electron chi connectivity index (χ0n) is 39.5. The molecule has 71 heavy (non-hydrogen) atoms. The summed E-state index contributed by atoms with van der Waals surface area (Å²) < 4.78 is 42.1. The van der Waals surface area contributed by atoms with Crippen molar-refractivity contribution in [2.24, 2.45) is 0 Å². The molecule has 14 nitrogen and oxygen atoms in total. The first-order chi connectivity index (χ1) is 34.4. The monoisotopic (exact) mass is 962 g/mol. The van der Waals surface area contributed by atoms with Crippen molar-refractivity contribution in [3.8, 4) is 11.5 Å². The van der Waals surface area contributed by atoms with E-state index in [1.54, 1.807) is 72.8 Å². The van der Waals surface area contributed by atoms with Crippen LogP contribution < -0.4 is 9.47 Å². The summed E-state index contributed by atoms with van der Waals surface area (Å²) >= 11 is 0.